The Hall–Kier alpha value is -2.04. The topological polar surface area (TPSA) is 60.2 Å². The van der Waals surface area contributed by atoms with Crippen molar-refractivity contribution in [3.63, 3.8) is 0 Å². The lowest BCUT2D eigenvalue weighted by Crippen LogP contribution is -2.38. The molecule has 4 heteroatoms. The van der Waals surface area contributed by atoms with Crippen molar-refractivity contribution in [3.05, 3.63) is 23.8 Å². The summed E-state index contributed by atoms with van der Waals surface area (Å²) in [6.07, 6.45) is 13.0. The normalized spacial score (nSPS) is 15.7. The van der Waals surface area contributed by atoms with Crippen molar-refractivity contribution < 1.29 is 0 Å². The minimum Gasteiger partial charge on any atom is -0.310 e. The molecule has 0 heterocycles. The van der Waals surface area contributed by atoms with E-state index in [0.29, 0.717) is 12.5 Å². The number of hydrogen-bond acceptors (Lipinski definition) is 3. The predicted octanol–water partition coefficient (Wildman–Crippen LogP) is 2.82. The van der Waals surface area contributed by atoms with Gasteiger partial charge in [-0.2, -0.15) is 5.26 Å². The molecule has 0 saturated heterocycles. The molecular formula is C17H26N4. The molecule has 0 spiro atoms. The number of hydrazine groups is 1. The van der Waals surface area contributed by atoms with Crippen LogP contribution in [0.5, 0.6) is 0 Å². The monoisotopic (exact) mass is 286 g/mol. The fourth-order valence-corrected chi connectivity index (χ4v) is 1.23. The fraction of sp³-hybridized carbons (Fsp3) is 0.529. The largest absolute Gasteiger partial charge is 0.310 e. The van der Waals surface area contributed by atoms with Gasteiger partial charge in [-0.25, -0.2) is 5.43 Å². The Bertz CT molecular complexity index is 452. The van der Waals surface area contributed by atoms with Gasteiger partial charge in [-0.05, 0) is 23.8 Å². The second-order valence-electron chi connectivity index (χ2n) is 5.86. The van der Waals surface area contributed by atoms with Gasteiger partial charge in [-0.3, -0.25) is 4.99 Å². The van der Waals surface area contributed by atoms with Crippen molar-refractivity contribution >= 4 is 6.34 Å². The van der Waals surface area contributed by atoms with E-state index in [4.69, 9.17) is 11.7 Å². The molecule has 2 N–H and O–H groups in total. The van der Waals surface area contributed by atoms with Crippen molar-refractivity contribution in [2.24, 2.45) is 16.3 Å². The minimum absolute atomic E-state index is 0.256. The highest BCUT2D eigenvalue weighted by Gasteiger charge is 2.16. The number of allylic oxidation sites excluding steroid dienone is 2. The van der Waals surface area contributed by atoms with E-state index >= 15 is 0 Å². The lowest BCUT2D eigenvalue weighted by molar-refractivity contribution is 0.314. The van der Waals surface area contributed by atoms with Gasteiger partial charge in [0.05, 0.1) is 19.0 Å². The summed E-state index contributed by atoms with van der Waals surface area (Å²) >= 11 is 0. The molecule has 4 nitrogen and oxygen atoms in total. The molecule has 0 aromatic rings. The fourth-order valence-electron chi connectivity index (χ4n) is 1.23. The standard InChI is InChI=1S/C17H26N4/c1-7-15(10-9-14(3)17(4,5)6)12-19-13-20-21-16(8-2)11-18/h2,7,9-10,13-14,16,21H,12H2,1,3-6H3,(H,19,20)/b10-9-,15-7+/t14?,16-/m0/s1. The van der Waals surface area contributed by atoms with Crippen LogP contribution in [0, 0.1) is 35.0 Å². The molecule has 0 bridgehead atoms. The lowest BCUT2D eigenvalue weighted by atomic mass is 9.82. The smallest absolute Gasteiger partial charge is 0.173 e. The maximum atomic E-state index is 8.64. The summed E-state index contributed by atoms with van der Waals surface area (Å²) < 4.78 is 0. The molecule has 0 aromatic carbocycles. The van der Waals surface area contributed by atoms with Crippen molar-refractivity contribution in [1.82, 2.24) is 10.9 Å². The Morgan fingerprint density at radius 2 is 2.10 bits per heavy atom. The van der Waals surface area contributed by atoms with Gasteiger partial charge in [0.15, 0.2) is 6.04 Å². The summed E-state index contributed by atoms with van der Waals surface area (Å²) in [6, 6.07) is 1.25. The molecule has 0 radical (unpaired) electrons. The van der Waals surface area contributed by atoms with Crippen LogP contribution in [0.4, 0.5) is 0 Å². The highest BCUT2D eigenvalue weighted by molar-refractivity contribution is 5.54. The molecule has 0 amide bonds. The average Bonchev–Trinajstić information content (AvgIpc) is 2.44. The van der Waals surface area contributed by atoms with Crippen molar-refractivity contribution in [2.45, 2.75) is 40.7 Å². The first kappa shape index (κ1) is 19.0. The number of hydrogen-bond donors (Lipinski definition) is 2. The van der Waals surface area contributed by atoms with Gasteiger partial charge in [-0.1, -0.05) is 51.8 Å². The molecule has 0 fully saturated rings. The third kappa shape index (κ3) is 8.68. The SMILES string of the molecule is C#C[C@@H](C#N)NNC=NCC(/C=C\C(C)C(C)(C)C)=C/C. The summed E-state index contributed by atoms with van der Waals surface area (Å²) in [4.78, 5) is 4.23. The summed E-state index contributed by atoms with van der Waals surface area (Å²) in [5.74, 6) is 2.78. The third-order valence-electron chi connectivity index (χ3n) is 3.29. The molecule has 0 aliphatic heterocycles. The Balaban J connectivity index is 4.28. The Morgan fingerprint density at radius 3 is 2.57 bits per heavy atom. The first-order valence-corrected chi connectivity index (χ1v) is 7.03. The van der Waals surface area contributed by atoms with Crippen LogP contribution in [-0.2, 0) is 0 Å². The van der Waals surface area contributed by atoms with Gasteiger partial charge in [0.2, 0.25) is 0 Å². The van der Waals surface area contributed by atoms with E-state index in [2.05, 4.69) is 61.6 Å². The van der Waals surface area contributed by atoms with Crippen molar-refractivity contribution in [1.29, 1.82) is 5.26 Å². The zero-order valence-electron chi connectivity index (χ0n) is 13.6. The van der Waals surface area contributed by atoms with Gasteiger partial charge < -0.3 is 5.43 Å². The van der Waals surface area contributed by atoms with Crippen LogP contribution < -0.4 is 10.9 Å². The summed E-state index contributed by atoms with van der Waals surface area (Å²) in [5.41, 5.74) is 6.74. The molecule has 1 unspecified atom stereocenters. The Labute approximate surface area is 129 Å². The number of aliphatic imine (C=N–C) groups is 1. The quantitative estimate of drug-likeness (QED) is 0.249. The van der Waals surface area contributed by atoms with Gasteiger partial charge in [-0.15, -0.1) is 6.42 Å². The van der Waals surface area contributed by atoms with Crippen LogP contribution >= 0.6 is 0 Å². The van der Waals surface area contributed by atoms with Crippen LogP contribution in [0.25, 0.3) is 0 Å². The number of nitrogens with one attached hydrogen (secondary N) is 2. The zero-order chi connectivity index (χ0) is 16.3. The number of terminal acetylenes is 1. The van der Waals surface area contributed by atoms with E-state index in [-0.39, 0.29) is 5.41 Å². The minimum atomic E-state index is -0.662. The molecule has 0 aliphatic carbocycles. The number of nitrogens with zero attached hydrogens (tertiary/aromatic N) is 2. The molecule has 114 valence electrons. The molecule has 21 heavy (non-hydrogen) atoms. The lowest BCUT2D eigenvalue weighted by Gasteiger charge is -2.24. The summed E-state index contributed by atoms with van der Waals surface area (Å²) in [7, 11) is 0. The molecule has 0 saturated carbocycles. The number of nitriles is 1. The van der Waals surface area contributed by atoms with E-state index in [1.165, 1.54) is 6.34 Å². The van der Waals surface area contributed by atoms with Gasteiger partial charge in [0.1, 0.15) is 0 Å². The first-order valence-electron chi connectivity index (χ1n) is 7.03. The van der Waals surface area contributed by atoms with Crippen LogP contribution in [-0.4, -0.2) is 18.9 Å². The van der Waals surface area contributed by atoms with Crippen molar-refractivity contribution in [2.75, 3.05) is 6.54 Å². The van der Waals surface area contributed by atoms with E-state index in [1.54, 1.807) is 0 Å². The second-order valence-corrected chi connectivity index (χ2v) is 5.86. The first-order chi connectivity index (χ1) is 9.85. The molecular weight excluding hydrogens is 260 g/mol. The Kier molecular flexibility index (Phi) is 8.85. The van der Waals surface area contributed by atoms with Crippen molar-refractivity contribution in [3.8, 4) is 18.4 Å². The Morgan fingerprint density at radius 1 is 1.43 bits per heavy atom. The molecule has 0 rings (SSSR count). The third-order valence-corrected chi connectivity index (χ3v) is 3.29. The maximum absolute atomic E-state index is 8.64. The van der Waals surface area contributed by atoms with E-state index < -0.39 is 6.04 Å². The van der Waals surface area contributed by atoms with Crippen LogP contribution in [0.1, 0.15) is 34.6 Å². The van der Waals surface area contributed by atoms with Crippen LogP contribution in [0.2, 0.25) is 0 Å². The van der Waals surface area contributed by atoms with E-state index in [9.17, 15) is 0 Å². The summed E-state index contributed by atoms with van der Waals surface area (Å²) in [5, 5.41) is 8.64. The molecule has 0 aliphatic rings. The van der Waals surface area contributed by atoms with Crippen LogP contribution in [0.3, 0.4) is 0 Å². The second kappa shape index (κ2) is 9.80. The van der Waals surface area contributed by atoms with Gasteiger partial charge in [0, 0.05) is 0 Å². The zero-order valence-corrected chi connectivity index (χ0v) is 13.6. The van der Waals surface area contributed by atoms with Gasteiger partial charge in [0.25, 0.3) is 0 Å². The molecule has 2 atom stereocenters. The highest BCUT2D eigenvalue weighted by atomic mass is 15.4. The van der Waals surface area contributed by atoms with Crippen LogP contribution in [0.15, 0.2) is 28.8 Å². The predicted molar refractivity (Wildman–Crippen MR) is 89.4 cm³/mol. The average molecular weight is 286 g/mol. The summed E-state index contributed by atoms with van der Waals surface area (Å²) in [6.45, 7) is 11.4. The van der Waals surface area contributed by atoms with Gasteiger partial charge >= 0.3 is 0 Å². The number of rotatable bonds is 7. The maximum Gasteiger partial charge on any atom is 0.173 e. The highest BCUT2D eigenvalue weighted by Crippen LogP contribution is 2.26. The van der Waals surface area contributed by atoms with E-state index in [1.807, 2.05) is 19.1 Å². The molecule has 0 aromatic heterocycles. The van der Waals surface area contributed by atoms with E-state index in [0.717, 1.165) is 5.57 Å².